The lowest BCUT2D eigenvalue weighted by atomic mass is 9.94. The lowest BCUT2D eigenvalue weighted by Crippen LogP contribution is -2.63. The van der Waals surface area contributed by atoms with E-state index in [2.05, 4.69) is 32.0 Å². The second-order valence-electron chi connectivity index (χ2n) is 6.76. The zero-order valence-electron chi connectivity index (χ0n) is 14.9. The summed E-state index contributed by atoms with van der Waals surface area (Å²) in [6.45, 7) is 0. The average Bonchev–Trinajstić information content (AvgIpc) is 2.97. The maximum absolute atomic E-state index is 13.6. The van der Waals surface area contributed by atoms with Gasteiger partial charge >= 0.3 is 0 Å². The van der Waals surface area contributed by atoms with Crippen molar-refractivity contribution in [1.82, 2.24) is 5.01 Å². The van der Waals surface area contributed by atoms with Crippen LogP contribution >= 0.6 is 27.5 Å². The van der Waals surface area contributed by atoms with Crippen LogP contribution in [0.4, 0.5) is 17.1 Å². The van der Waals surface area contributed by atoms with Crippen LogP contribution in [0.1, 0.15) is 15.9 Å². The molecule has 0 bridgehead atoms. The first kappa shape index (κ1) is 18.0. The Kier molecular flexibility index (Phi) is 4.04. The summed E-state index contributed by atoms with van der Waals surface area (Å²) >= 11 is 9.81. The van der Waals surface area contributed by atoms with Crippen LogP contribution in [-0.2, 0) is 10.5 Å². The van der Waals surface area contributed by atoms with Crippen molar-refractivity contribution in [1.29, 1.82) is 0 Å². The van der Waals surface area contributed by atoms with E-state index < -0.39 is 11.6 Å². The van der Waals surface area contributed by atoms with Crippen molar-refractivity contribution in [3.63, 3.8) is 0 Å². The molecule has 8 heteroatoms. The van der Waals surface area contributed by atoms with Crippen LogP contribution < -0.4 is 16.1 Å². The van der Waals surface area contributed by atoms with Crippen molar-refractivity contribution in [3.8, 4) is 0 Å². The molecule has 1 spiro atoms. The smallest absolute Gasteiger partial charge is 0.278 e. The van der Waals surface area contributed by atoms with E-state index in [0.717, 1.165) is 4.47 Å². The lowest BCUT2D eigenvalue weighted by molar-refractivity contribution is -0.124. The normalized spacial score (nSPS) is 19.4. The van der Waals surface area contributed by atoms with E-state index in [9.17, 15) is 9.59 Å². The fraction of sp³-hybridized carbons (Fsp3) is 0.0476. The molecule has 0 fully saturated rings. The number of hydrazine groups is 1. The van der Waals surface area contributed by atoms with Crippen molar-refractivity contribution in [2.45, 2.75) is 5.66 Å². The molecule has 2 heterocycles. The summed E-state index contributed by atoms with van der Waals surface area (Å²) in [5, 5.41) is 7.77. The van der Waals surface area contributed by atoms with Gasteiger partial charge in [-0.2, -0.15) is 0 Å². The zero-order valence-corrected chi connectivity index (χ0v) is 17.2. The molecule has 5 rings (SSSR count). The van der Waals surface area contributed by atoms with E-state index in [1.54, 1.807) is 24.3 Å². The summed E-state index contributed by atoms with van der Waals surface area (Å²) in [4.78, 5) is 26.9. The van der Waals surface area contributed by atoms with E-state index in [-0.39, 0.29) is 5.91 Å². The van der Waals surface area contributed by atoms with Gasteiger partial charge in [-0.15, -0.1) is 0 Å². The average molecular weight is 470 g/mol. The van der Waals surface area contributed by atoms with E-state index >= 15 is 0 Å². The van der Waals surface area contributed by atoms with Gasteiger partial charge in [-0.25, -0.2) is 5.01 Å². The Balaban J connectivity index is 1.75. The fourth-order valence-electron chi connectivity index (χ4n) is 3.74. The van der Waals surface area contributed by atoms with Crippen LogP contribution in [0, 0.1) is 0 Å². The van der Waals surface area contributed by atoms with Gasteiger partial charge in [0.15, 0.2) is 0 Å². The molecule has 29 heavy (non-hydrogen) atoms. The van der Waals surface area contributed by atoms with Crippen LogP contribution in [0.25, 0.3) is 0 Å². The third kappa shape index (κ3) is 2.62. The monoisotopic (exact) mass is 468 g/mol. The number of carbonyl (C=O) groups is 2. The number of rotatable bonds is 2. The molecule has 0 saturated carbocycles. The standard InChI is InChI=1S/C21H14BrClN4O2/c22-12-9-10-16-14(11-12)21(20(29)24-16)25-17-8-4-7-15(23)18(17)19(28)27(21)26-13-5-2-1-3-6-13/h1-11,25-26H,(H,24,29). The van der Waals surface area contributed by atoms with Gasteiger partial charge in [0.05, 0.1) is 22.0 Å². The molecule has 1 atom stereocenters. The van der Waals surface area contributed by atoms with Crippen LogP contribution in [0.15, 0.2) is 71.2 Å². The summed E-state index contributed by atoms with van der Waals surface area (Å²) in [5.74, 6) is -0.774. The molecular weight excluding hydrogens is 456 g/mol. The van der Waals surface area contributed by atoms with E-state index in [1.807, 2.05) is 42.5 Å². The van der Waals surface area contributed by atoms with E-state index in [4.69, 9.17) is 11.6 Å². The Bertz CT molecular complexity index is 1170. The molecule has 1 unspecified atom stereocenters. The Morgan fingerprint density at radius 1 is 0.966 bits per heavy atom. The van der Waals surface area contributed by atoms with Gasteiger partial charge in [-0.1, -0.05) is 51.8 Å². The molecule has 0 aromatic heterocycles. The summed E-state index contributed by atoms with van der Waals surface area (Å²) < 4.78 is 0.790. The van der Waals surface area contributed by atoms with Crippen molar-refractivity contribution >= 4 is 56.4 Å². The van der Waals surface area contributed by atoms with Crippen LogP contribution in [-0.4, -0.2) is 16.8 Å². The molecule has 0 saturated heterocycles. The number of hydrogen-bond acceptors (Lipinski definition) is 4. The van der Waals surface area contributed by atoms with Gasteiger partial charge in [0.1, 0.15) is 0 Å². The molecule has 6 nitrogen and oxygen atoms in total. The Hall–Kier alpha value is -3.03. The quantitative estimate of drug-likeness (QED) is 0.504. The zero-order chi connectivity index (χ0) is 20.2. The molecule has 0 aliphatic carbocycles. The maximum atomic E-state index is 13.6. The number of benzene rings is 3. The number of para-hydroxylation sites is 1. The number of fused-ring (bicyclic) bond motifs is 3. The predicted octanol–water partition coefficient (Wildman–Crippen LogP) is 4.80. The molecule has 0 radical (unpaired) electrons. The maximum Gasteiger partial charge on any atom is 0.278 e. The minimum absolute atomic E-state index is 0.305. The highest BCUT2D eigenvalue weighted by Crippen LogP contribution is 2.47. The largest absolute Gasteiger partial charge is 0.349 e. The molecule has 2 aliphatic rings. The minimum Gasteiger partial charge on any atom is -0.349 e. The van der Waals surface area contributed by atoms with Crippen molar-refractivity contribution in [2.75, 3.05) is 16.1 Å². The highest BCUT2D eigenvalue weighted by atomic mass is 79.9. The van der Waals surface area contributed by atoms with Crippen molar-refractivity contribution < 1.29 is 9.59 Å². The second kappa shape index (κ2) is 6.50. The number of carbonyl (C=O) groups excluding carboxylic acids is 2. The topological polar surface area (TPSA) is 73.5 Å². The van der Waals surface area contributed by atoms with Gasteiger partial charge in [-0.05, 0) is 42.5 Å². The van der Waals surface area contributed by atoms with Gasteiger partial charge in [0.25, 0.3) is 11.8 Å². The molecule has 3 aromatic carbocycles. The van der Waals surface area contributed by atoms with Crippen molar-refractivity contribution in [2.24, 2.45) is 0 Å². The second-order valence-corrected chi connectivity index (χ2v) is 8.08. The molecule has 3 aromatic rings. The number of halogens is 2. The Morgan fingerprint density at radius 3 is 2.55 bits per heavy atom. The molecule has 2 amide bonds. The first-order chi connectivity index (χ1) is 14.0. The number of hydrogen-bond donors (Lipinski definition) is 3. The Labute approximate surface area is 180 Å². The van der Waals surface area contributed by atoms with Gasteiger partial charge in [-0.3, -0.25) is 15.0 Å². The molecule has 2 aliphatic heterocycles. The van der Waals surface area contributed by atoms with Crippen LogP contribution in [0.5, 0.6) is 0 Å². The van der Waals surface area contributed by atoms with Gasteiger partial charge in [0.2, 0.25) is 5.66 Å². The van der Waals surface area contributed by atoms with Gasteiger partial charge in [0, 0.05) is 15.7 Å². The fourth-order valence-corrected chi connectivity index (χ4v) is 4.36. The summed E-state index contributed by atoms with van der Waals surface area (Å²) in [6, 6.07) is 19.8. The molecule has 144 valence electrons. The van der Waals surface area contributed by atoms with E-state index in [1.165, 1.54) is 5.01 Å². The lowest BCUT2D eigenvalue weighted by Gasteiger charge is -2.44. The predicted molar refractivity (Wildman–Crippen MR) is 116 cm³/mol. The minimum atomic E-state index is -1.48. The number of nitrogens with one attached hydrogen (secondary N) is 3. The number of amides is 2. The summed E-state index contributed by atoms with van der Waals surface area (Å²) in [6.07, 6.45) is 0. The Morgan fingerprint density at radius 2 is 1.76 bits per heavy atom. The van der Waals surface area contributed by atoms with Crippen LogP contribution in [0.3, 0.4) is 0 Å². The highest BCUT2D eigenvalue weighted by Gasteiger charge is 2.57. The summed E-state index contributed by atoms with van der Waals surface area (Å²) in [7, 11) is 0. The SMILES string of the molecule is O=C1c2c(Cl)cccc2NC2(C(=O)Nc3ccc(Br)cc32)N1Nc1ccccc1. The van der Waals surface area contributed by atoms with Crippen molar-refractivity contribution in [3.05, 3.63) is 87.4 Å². The molecule has 3 N–H and O–H groups in total. The van der Waals surface area contributed by atoms with Gasteiger partial charge < -0.3 is 10.6 Å². The number of anilines is 3. The number of nitrogens with zero attached hydrogens (tertiary/aromatic N) is 1. The molecular formula is C21H14BrClN4O2. The first-order valence-corrected chi connectivity index (χ1v) is 10.0. The first-order valence-electron chi connectivity index (χ1n) is 8.85. The van der Waals surface area contributed by atoms with Crippen LogP contribution in [0.2, 0.25) is 5.02 Å². The third-order valence-electron chi connectivity index (χ3n) is 5.04. The van der Waals surface area contributed by atoms with E-state index in [0.29, 0.717) is 33.2 Å². The third-order valence-corrected chi connectivity index (χ3v) is 5.85. The summed E-state index contributed by atoms with van der Waals surface area (Å²) in [5.41, 5.74) is 4.34. The highest BCUT2D eigenvalue weighted by molar-refractivity contribution is 9.10.